The number of nitrogens with one attached hydrogen (secondary N) is 2. The summed E-state index contributed by atoms with van der Waals surface area (Å²) in [7, 11) is 0. The molecule has 1 unspecified atom stereocenters. The standard InChI is InChI=1S/C30H54N2O9/c1-25(33)24-41-23-22-40-21-20-31-27(34)19-18-26(30(38)39)32-28(35)16-14-12-10-8-6-4-2-3-5-7-9-11-13-15-17-29(36)37/h26H,2-24H2,1H3,(H,31,34)(H,32,35)(H,36,37)(H,38,39). The van der Waals surface area contributed by atoms with E-state index in [1.54, 1.807) is 0 Å². The van der Waals surface area contributed by atoms with Crippen LogP contribution in [0.25, 0.3) is 0 Å². The van der Waals surface area contributed by atoms with E-state index in [4.69, 9.17) is 14.6 Å². The Morgan fingerprint density at radius 2 is 1.10 bits per heavy atom. The van der Waals surface area contributed by atoms with Gasteiger partial charge < -0.3 is 30.3 Å². The Hall–Kier alpha value is -2.53. The van der Waals surface area contributed by atoms with Crippen LogP contribution < -0.4 is 10.6 Å². The summed E-state index contributed by atoms with van der Waals surface area (Å²) in [4.78, 5) is 56.8. The number of rotatable bonds is 30. The second-order valence-corrected chi connectivity index (χ2v) is 10.6. The zero-order valence-corrected chi connectivity index (χ0v) is 25.1. The summed E-state index contributed by atoms with van der Waals surface area (Å²) >= 11 is 0. The van der Waals surface area contributed by atoms with Crippen molar-refractivity contribution in [1.29, 1.82) is 0 Å². The number of carboxylic acids is 2. The minimum Gasteiger partial charge on any atom is -0.481 e. The van der Waals surface area contributed by atoms with Crippen molar-refractivity contribution in [2.75, 3.05) is 33.0 Å². The van der Waals surface area contributed by atoms with Crippen LogP contribution in [0.2, 0.25) is 0 Å². The molecule has 0 fully saturated rings. The molecule has 0 bridgehead atoms. The van der Waals surface area contributed by atoms with Crippen molar-refractivity contribution in [1.82, 2.24) is 10.6 Å². The van der Waals surface area contributed by atoms with Gasteiger partial charge in [0.1, 0.15) is 12.6 Å². The summed E-state index contributed by atoms with van der Waals surface area (Å²) in [5.74, 6) is -2.54. The normalized spacial score (nSPS) is 11.6. The highest BCUT2D eigenvalue weighted by Gasteiger charge is 2.20. The number of carbonyl (C=O) groups excluding carboxylic acids is 3. The lowest BCUT2D eigenvalue weighted by Crippen LogP contribution is -2.41. The molecule has 0 heterocycles. The van der Waals surface area contributed by atoms with E-state index in [9.17, 15) is 29.1 Å². The molecule has 0 radical (unpaired) electrons. The predicted molar refractivity (Wildman–Crippen MR) is 156 cm³/mol. The van der Waals surface area contributed by atoms with E-state index in [0.717, 1.165) is 38.5 Å². The summed E-state index contributed by atoms with van der Waals surface area (Å²) in [6, 6.07) is -1.10. The number of aliphatic carboxylic acids is 2. The summed E-state index contributed by atoms with van der Waals surface area (Å²) in [6.45, 7) is 2.62. The second kappa shape index (κ2) is 27.6. The van der Waals surface area contributed by atoms with Crippen molar-refractivity contribution in [2.45, 2.75) is 129 Å². The van der Waals surface area contributed by atoms with Crippen molar-refractivity contribution in [3.63, 3.8) is 0 Å². The van der Waals surface area contributed by atoms with Crippen LogP contribution in [0.3, 0.4) is 0 Å². The van der Waals surface area contributed by atoms with E-state index in [1.165, 1.54) is 51.9 Å². The molecule has 238 valence electrons. The highest BCUT2D eigenvalue weighted by Crippen LogP contribution is 2.14. The predicted octanol–water partition coefficient (Wildman–Crippen LogP) is 4.40. The number of ether oxygens (including phenoxy) is 2. The fourth-order valence-corrected chi connectivity index (χ4v) is 4.27. The Morgan fingerprint density at radius 3 is 1.59 bits per heavy atom. The van der Waals surface area contributed by atoms with Crippen molar-refractivity contribution < 1.29 is 43.7 Å². The zero-order chi connectivity index (χ0) is 30.6. The van der Waals surface area contributed by atoms with E-state index >= 15 is 0 Å². The van der Waals surface area contributed by atoms with E-state index in [2.05, 4.69) is 10.6 Å². The third kappa shape index (κ3) is 28.8. The molecule has 0 aliphatic carbocycles. The molecule has 1 atom stereocenters. The quantitative estimate of drug-likeness (QED) is 0.0891. The van der Waals surface area contributed by atoms with Gasteiger partial charge in [-0.1, -0.05) is 77.0 Å². The van der Waals surface area contributed by atoms with Crippen LogP contribution in [0.5, 0.6) is 0 Å². The summed E-state index contributed by atoms with van der Waals surface area (Å²) in [5, 5.41) is 23.2. The van der Waals surface area contributed by atoms with Crippen LogP contribution in [0.15, 0.2) is 0 Å². The molecule has 0 spiro atoms. The number of hydrogen-bond acceptors (Lipinski definition) is 7. The Labute approximate surface area is 245 Å². The lowest BCUT2D eigenvalue weighted by molar-refractivity contribution is -0.142. The van der Waals surface area contributed by atoms with Crippen LogP contribution in [-0.4, -0.2) is 78.8 Å². The highest BCUT2D eigenvalue weighted by atomic mass is 16.5. The van der Waals surface area contributed by atoms with Gasteiger partial charge in [0.25, 0.3) is 0 Å². The average Bonchev–Trinajstić information content (AvgIpc) is 2.91. The van der Waals surface area contributed by atoms with Gasteiger partial charge in [0.05, 0.1) is 19.8 Å². The number of Topliss-reactive ketones (excluding diaryl/α,β-unsaturated/α-hetero) is 1. The van der Waals surface area contributed by atoms with Gasteiger partial charge in [0.15, 0.2) is 5.78 Å². The maximum Gasteiger partial charge on any atom is 0.326 e. The summed E-state index contributed by atoms with van der Waals surface area (Å²) < 4.78 is 10.3. The van der Waals surface area contributed by atoms with Gasteiger partial charge in [-0.3, -0.25) is 19.2 Å². The van der Waals surface area contributed by atoms with E-state index in [1.807, 2.05) is 0 Å². The van der Waals surface area contributed by atoms with Crippen molar-refractivity contribution >= 4 is 29.5 Å². The molecular weight excluding hydrogens is 532 g/mol. The summed E-state index contributed by atoms with van der Waals surface area (Å²) in [5.41, 5.74) is 0. The molecule has 0 aromatic rings. The molecule has 0 saturated heterocycles. The fraction of sp³-hybridized carbons (Fsp3) is 0.833. The SMILES string of the molecule is CC(=O)COCCOCCNC(=O)CCC(NC(=O)CCCCCCCCCCCCCCCCC(=O)O)C(=O)O. The number of hydrogen-bond donors (Lipinski definition) is 4. The van der Waals surface area contributed by atoms with E-state index < -0.39 is 18.0 Å². The Bertz CT molecular complexity index is 731. The Balaban J connectivity index is 3.66. The van der Waals surface area contributed by atoms with Crippen LogP contribution in [0.4, 0.5) is 0 Å². The monoisotopic (exact) mass is 586 g/mol. The van der Waals surface area contributed by atoms with Gasteiger partial charge in [0.2, 0.25) is 11.8 Å². The second-order valence-electron chi connectivity index (χ2n) is 10.6. The largest absolute Gasteiger partial charge is 0.481 e. The van der Waals surface area contributed by atoms with Gasteiger partial charge >= 0.3 is 11.9 Å². The lowest BCUT2D eigenvalue weighted by atomic mass is 10.0. The van der Waals surface area contributed by atoms with Crippen molar-refractivity contribution in [3.8, 4) is 0 Å². The molecule has 0 aliphatic heterocycles. The van der Waals surface area contributed by atoms with Crippen LogP contribution in [0, 0.1) is 0 Å². The first-order valence-corrected chi connectivity index (χ1v) is 15.4. The van der Waals surface area contributed by atoms with Gasteiger partial charge in [-0.05, 0) is 26.2 Å². The number of unbranched alkanes of at least 4 members (excludes halogenated alkanes) is 13. The van der Waals surface area contributed by atoms with Crippen LogP contribution in [0.1, 0.15) is 122 Å². The molecule has 0 aromatic carbocycles. The molecule has 2 amide bonds. The molecule has 4 N–H and O–H groups in total. The number of amides is 2. The third-order valence-electron chi connectivity index (χ3n) is 6.58. The highest BCUT2D eigenvalue weighted by molar-refractivity contribution is 5.84. The first-order chi connectivity index (χ1) is 19.7. The van der Waals surface area contributed by atoms with Gasteiger partial charge in [-0.15, -0.1) is 0 Å². The van der Waals surface area contributed by atoms with Crippen LogP contribution >= 0.6 is 0 Å². The Morgan fingerprint density at radius 1 is 0.610 bits per heavy atom. The van der Waals surface area contributed by atoms with Gasteiger partial charge in [0, 0.05) is 25.8 Å². The fourth-order valence-electron chi connectivity index (χ4n) is 4.27. The smallest absolute Gasteiger partial charge is 0.326 e. The Kier molecular flexibility index (Phi) is 25.9. The van der Waals surface area contributed by atoms with Gasteiger partial charge in [-0.25, -0.2) is 4.79 Å². The lowest BCUT2D eigenvalue weighted by Gasteiger charge is -2.14. The average molecular weight is 587 g/mol. The van der Waals surface area contributed by atoms with Crippen molar-refractivity contribution in [3.05, 3.63) is 0 Å². The molecule has 0 aromatic heterocycles. The minimum atomic E-state index is -1.16. The van der Waals surface area contributed by atoms with Crippen molar-refractivity contribution in [2.24, 2.45) is 0 Å². The molecule has 0 saturated carbocycles. The van der Waals surface area contributed by atoms with E-state index in [0.29, 0.717) is 13.0 Å². The minimum absolute atomic E-state index is 0.0133. The number of carboxylic acid groups (broad SMARTS) is 2. The zero-order valence-electron chi connectivity index (χ0n) is 25.1. The maximum atomic E-state index is 12.2. The number of ketones is 1. The number of carbonyl (C=O) groups is 5. The van der Waals surface area contributed by atoms with E-state index in [-0.39, 0.29) is 69.6 Å². The molecule has 0 rings (SSSR count). The van der Waals surface area contributed by atoms with Gasteiger partial charge in [-0.2, -0.15) is 0 Å². The molecule has 11 heteroatoms. The first kappa shape index (κ1) is 38.5. The maximum absolute atomic E-state index is 12.2. The molecule has 41 heavy (non-hydrogen) atoms. The molecule has 0 aliphatic rings. The van der Waals surface area contributed by atoms with Crippen LogP contribution in [-0.2, 0) is 33.4 Å². The topological polar surface area (TPSA) is 168 Å². The molecule has 11 nitrogen and oxygen atoms in total. The first-order valence-electron chi connectivity index (χ1n) is 15.4. The third-order valence-corrected chi connectivity index (χ3v) is 6.58. The summed E-state index contributed by atoms with van der Waals surface area (Å²) in [6.07, 6.45) is 15.8. The molecular formula is C30H54N2O9.